The van der Waals surface area contributed by atoms with Crippen LogP contribution in [0.15, 0.2) is 87.6 Å². The van der Waals surface area contributed by atoms with Crippen LogP contribution in [0.1, 0.15) is 46.3 Å². The highest BCUT2D eigenvalue weighted by Gasteiger charge is 2.23. The summed E-state index contributed by atoms with van der Waals surface area (Å²) in [5.41, 5.74) is 3.97. The molecule has 0 aliphatic rings. The summed E-state index contributed by atoms with van der Waals surface area (Å²) in [5.74, 6) is -2.82. The topological polar surface area (TPSA) is 133 Å². The van der Waals surface area contributed by atoms with Crippen LogP contribution in [-0.4, -0.2) is 34.0 Å². The van der Waals surface area contributed by atoms with Gasteiger partial charge in [-0.2, -0.15) is 11.3 Å². The van der Waals surface area contributed by atoms with E-state index >= 15 is 0 Å². The molecule has 238 valence electrons. The molecule has 0 saturated carbocycles. The van der Waals surface area contributed by atoms with E-state index in [2.05, 4.69) is 10.6 Å². The van der Waals surface area contributed by atoms with Gasteiger partial charge in [-0.15, -0.1) is 34.0 Å². The van der Waals surface area contributed by atoms with Gasteiger partial charge in [0.1, 0.15) is 21.1 Å². The molecule has 2 aromatic carbocycles. The number of aryl methyl sites for hydroxylation is 1. The van der Waals surface area contributed by atoms with Crippen LogP contribution in [0.25, 0.3) is 22.3 Å². The predicted octanol–water partition coefficient (Wildman–Crippen LogP) is 10.5. The quantitative estimate of drug-likeness (QED) is 0.123. The molecule has 0 aliphatic carbocycles. The van der Waals surface area contributed by atoms with E-state index in [1.807, 2.05) is 18.4 Å². The molecule has 0 fully saturated rings. The van der Waals surface area contributed by atoms with Crippen molar-refractivity contribution in [3.63, 3.8) is 0 Å². The Bertz CT molecular complexity index is 2100. The highest BCUT2D eigenvalue weighted by atomic mass is 35.5. The van der Waals surface area contributed by atoms with Gasteiger partial charge in [-0.05, 0) is 70.8 Å². The molecule has 4 aromatic heterocycles. The van der Waals surface area contributed by atoms with Crippen molar-refractivity contribution in [1.29, 1.82) is 0 Å². The second-order valence-electron chi connectivity index (χ2n) is 9.69. The van der Waals surface area contributed by atoms with Crippen LogP contribution in [-0.2, 0) is 0 Å². The first kappa shape index (κ1) is 34.0. The van der Waals surface area contributed by atoms with Crippen molar-refractivity contribution in [1.82, 2.24) is 0 Å². The van der Waals surface area contributed by atoms with E-state index in [0.29, 0.717) is 52.7 Å². The van der Waals surface area contributed by atoms with Crippen LogP contribution in [0.5, 0.6) is 0 Å². The third-order valence-corrected chi connectivity index (χ3v) is 10.5. The van der Waals surface area contributed by atoms with Crippen LogP contribution in [0.4, 0.5) is 10.0 Å². The van der Waals surface area contributed by atoms with Gasteiger partial charge in [-0.1, -0.05) is 47.5 Å². The lowest BCUT2D eigenvalue weighted by Gasteiger charge is -2.06. The number of hydrogen-bond acceptors (Lipinski definition) is 8. The second-order valence-corrected chi connectivity index (χ2v) is 14.0. The van der Waals surface area contributed by atoms with E-state index in [0.717, 1.165) is 5.56 Å². The molecule has 4 N–H and O–H groups in total. The van der Waals surface area contributed by atoms with Crippen LogP contribution >= 0.6 is 68.5 Å². The first-order valence-electron chi connectivity index (χ1n) is 13.4. The minimum Gasteiger partial charge on any atom is -0.478 e. The number of rotatable bonds is 8. The third kappa shape index (κ3) is 7.99. The average Bonchev–Trinajstić information content (AvgIpc) is 3.84. The molecule has 14 heteroatoms. The Morgan fingerprint density at radius 2 is 1.19 bits per heavy atom. The Balaban J connectivity index is 0.000000185. The molecule has 0 bridgehead atoms. The number of hydrogen-bond donors (Lipinski definition) is 4. The van der Waals surface area contributed by atoms with Gasteiger partial charge in [0.25, 0.3) is 11.8 Å². The molecule has 6 aromatic rings. The maximum Gasteiger partial charge on any atom is 0.339 e. The third-order valence-electron chi connectivity index (χ3n) is 6.59. The van der Waals surface area contributed by atoms with E-state index in [1.54, 1.807) is 76.1 Å². The van der Waals surface area contributed by atoms with Gasteiger partial charge in [0.2, 0.25) is 0 Å². The van der Waals surface area contributed by atoms with Crippen molar-refractivity contribution in [2.45, 2.75) is 6.92 Å². The number of carboxylic acid groups (broad SMARTS) is 2. The van der Waals surface area contributed by atoms with Crippen molar-refractivity contribution < 1.29 is 29.4 Å². The molecule has 0 unspecified atom stereocenters. The van der Waals surface area contributed by atoms with Crippen molar-refractivity contribution in [2.75, 3.05) is 10.6 Å². The number of anilines is 2. The lowest BCUT2D eigenvalue weighted by molar-refractivity contribution is 0.0688. The van der Waals surface area contributed by atoms with Gasteiger partial charge in [-0.25, -0.2) is 9.59 Å². The zero-order valence-corrected chi connectivity index (χ0v) is 28.9. The van der Waals surface area contributed by atoms with Gasteiger partial charge < -0.3 is 20.8 Å². The maximum atomic E-state index is 12.4. The summed E-state index contributed by atoms with van der Waals surface area (Å²) in [5, 5.41) is 34.9. The summed E-state index contributed by atoms with van der Waals surface area (Å²) in [7, 11) is 0. The number of thiophene rings is 4. The monoisotopic (exact) mass is 740 g/mol. The van der Waals surface area contributed by atoms with Gasteiger partial charge in [0.05, 0.1) is 10.4 Å². The maximum absolute atomic E-state index is 12.4. The van der Waals surface area contributed by atoms with E-state index in [-0.39, 0.29) is 22.9 Å². The molecule has 8 nitrogen and oxygen atoms in total. The normalized spacial score (nSPS) is 10.5. The number of carbonyl (C=O) groups is 4. The SMILES string of the molecule is Cc1ccsc1C(=O)Nc1scc(-c2cccc(Cl)c2)c1C(=O)O.O=C(Nc1scc(-c2cccc(Cl)c2)c1C(=O)O)c1ccsc1. The molecule has 0 radical (unpaired) electrons. The number of carbonyl (C=O) groups excluding carboxylic acids is 2. The number of halogens is 2. The van der Waals surface area contributed by atoms with E-state index in [9.17, 15) is 29.4 Å². The second kappa shape index (κ2) is 15.1. The Labute approximate surface area is 294 Å². The zero-order valence-electron chi connectivity index (χ0n) is 24.1. The fourth-order valence-electron chi connectivity index (χ4n) is 4.40. The molecule has 0 spiro atoms. The lowest BCUT2D eigenvalue weighted by Crippen LogP contribution is -2.13. The Morgan fingerprint density at radius 3 is 1.62 bits per heavy atom. The van der Waals surface area contributed by atoms with Gasteiger partial charge in [-0.3, -0.25) is 9.59 Å². The number of nitrogens with one attached hydrogen (secondary N) is 2. The van der Waals surface area contributed by atoms with Crippen LogP contribution in [0, 0.1) is 6.92 Å². The number of benzene rings is 2. The van der Waals surface area contributed by atoms with E-state index in [1.165, 1.54) is 45.3 Å². The smallest absolute Gasteiger partial charge is 0.339 e. The molecule has 4 heterocycles. The highest BCUT2D eigenvalue weighted by molar-refractivity contribution is 7.16. The van der Waals surface area contributed by atoms with Gasteiger partial charge in [0.15, 0.2) is 0 Å². The first-order valence-corrected chi connectivity index (χ1v) is 17.8. The first-order chi connectivity index (χ1) is 22.5. The summed E-state index contributed by atoms with van der Waals surface area (Å²) in [6.45, 7) is 1.84. The Hall–Kier alpha value is -4.30. The molecule has 0 saturated heterocycles. The fraction of sp³-hybridized carbons (Fsp3) is 0.0303. The molecular formula is C33H22Cl2N2O6S4. The molecule has 47 heavy (non-hydrogen) atoms. The number of amides is 2. The van der Waals surface area contributed by atoms with Crippen molar-refractivity contribution >= 4 is 102 Å². The molecule has 2 amide bonds. The number of carboxylic acids is 2. The number of aromatic carboxylic acids is 2. The summed E-state index contributed by atoms with van der Waals surface area (Å²) in [4.78, 5) is 48.5. The van der Waals surface area contributed by atoms with Crippen LogP contribution in [0.3, 0.4) is 0 Å². The summed E-state index contributed by atoms with van der Waals surface area (Å²) >= 11 is 17.1. The highest BCUT2D eigenvalue weighted by Crippen LogP contribution is 2.38. The molecule has 0 aliphatic heterocycles. The van der Waals surface area contributed by atoms with E-state index < -0.39 is 11.9 Å². The molecule has 0 atom stereocenters. The Morgan fingerprint density at radius 1 is 0.660 bits per heavy atom. The fourth-order valence-corrected chi connectivity index (χ4v) is 8.15. The van der Waals surface area contributed by atoms with E-state index in [4.69, 9.17) is 23.2 Å². The van der Waals surface area contributed by atoms with Crippen molar-refractivity contribution in [3.8, 4) is 22.3 Å². The minimum absolute atomic E-state index is 0.0702. The molecular weight excluding hydrogens is 720 g/mol. The summed E-state index contributed by atoms with van der Waals surface area (Å²) in [6.07, 6.45) is 0. The van der Waals surface area contributed by atoms with Gasteiger partial charge in [0, 0.05) is 37.3 Å². The molecule has 6 rings (SSSR count). The van der Waals surface area contributed by atoms with Crippen LogP contribution in [0.2, 0.25) is 10.0 Å². The lowest BCUT2D eigenvalue weighted by atomic mass is 10.0. The zero-order chi connectivity index (χ0) is 33.7. The van der Waals surface area contributed by atoms with Gasteiger partial charge >= 0.3 is 11.9 Å². The van der Waals surface area contributed by atoms with Crippen molar-refractivity contribution in [2.24, 2.45) is 0 Å². The largest absolute Gasteiger partial charge is 0.478 e. The van der Waals surface area contributed by atoms with Crippen LogP contribution < -0.4 is 10.6 Å². The summed E-state index contributed by atoms with van der Waals surface area (Å²) < 4.78 is 0. The standard InChI is InChI=1S/C17H12ClNO3S2.C16H10ClNO3S2/c1-9-5-6-23-14(9)15(20)19-16-13(17(21)22)12(8-24-16)10-3-2-4-11(18)7-10;17-11-3-1-2-9(6-11)12-8-23-15(13(12)16(20)21)18-14(19)10-4-5-22-7-10/h2-8H,1H3,(H,19,20)(H,21,22);1-8H,(H,18,19)(H,20,21). The Kier molecular flexibility index (Phi) is 10.9. The van der Waals surface area contributed by atoms with Crippen molar-refractivity contribution in [3.05, 3.63) is 125 Å². The predicted molar refractivity (Wildman–Crippen MR) is 193 cm³/mol. The minimum atomic E-state index is -1.10. The average molecular weight is 742 g/mol. The summed E-state index contributed by atoms with van der Waals surface area (Å²) in [6, 6.07) is 17.5.